The highest BCUT2D eigenvalue weighted by Crippen LogP contribution is 2.33. The van der Waals surface area contributed by atoms with Gasteiger partial charge in [-0.2, -0.15) is 0 Å². The van der Waals surface area contributed by atoms with E-state index < -0.39 is 5.54 Å². The Balaban J connectivity index is -0.000000157. The number of hydrogen-bond donors (Lipinski definition) is 0. The van der Waals surface area contributed by atoms with Crippen LogP contribution < -0.4 is 0 Å². The summed E-state index contributed by atoms with van der Waals surface area (Å²) in [4.78, 5) is 40.1. The molecule has 47 heavy (non-hydrogen) atoms. The molecule has 0 aliphatic heterocycles. The van der Waals surface area contributed by atoms with Crippen LogP contribution in [0.1, 0.15) is 145 Å². The van der Waals surface area contributed by atoms with Gasteiger partial charge in [-0.25, -0.2) is 19.7 Å². The zero-order valence-electron chi connectivity index (χ0n) is 34.0. The van der Waals surface area contributed by atoms with E-state index in [0.717, 1.165) is 0 Å². The van der Waals surface area contributed by atoms with Crippen molar-refractivity contribution in [1.82, 2.24) is 0 Å². The van der Waals surface area contributed by atoms with Gasteiger partial charge in [-0.15, -0.1) is 0 Å². The maximum atomic E-state index is 10.0. The molecule has 0 bridgehead atoms. The minimum absolute atomic E-state index is 0.00463. The quantitative estimate of drug-likeness (QED) is 0.146. The number of nitrogens with zero attached hydrogens (tertiary/aromatic N) is 3. The number of hydrogen-bond acceptors (Lipinski definition) is 6. The fraction of sp³-hybridized carbons (Fsp3) is 0.842. The zero-order valence-corrected chi connectivity index (χ0v) is 34.0. The Morgan fingerprint density at radius 3 is 1.13 bits per heavy atom. The van der Waals surface area contributed by atoms with Crippen LogP contribution in [-0.4, -0.2) is 54.8 Å². The molecule has 274 valence electrons. The second kappa shape index (κ2) is 22.4. The van der Waals surface area contributed by atoms with E-state index in [1.165, 1.54) is 0 Å². The van der Waals surface area contributed by atoms with Crippen LogP contribution in [0.15, 0.2) is 0 Å². The normalized spacial score (nSPS) is 14.1. The van der Waals surface area contributed by atoms with Gasteiger partial charge in [-0.1, -0.05) is 96.9 Å². The van der Waals surface area contributed by atoms with Crippen molar-refractivity contribution in [2.75, 3.05) is 6.61 Å². The van der Waals surface area contributed by atoms with Gasteiger partial charge in [0.25, 0.3) is 25.0 Å². The van der Waals surface area contributed by atoms with E-state index in [-0.39, 0.29) is 57.5 Å². The molecule has 9 heteroatoms. The first-order valence-corrected chi connectivity index (χ1v) is 16.0. The topological polar surface area (TPSA) is 92.0 Å². The predicted octanol–water partition coefficient (Wildman–Crippen LogP) is 10.1. The van der Waals surface area contributed by atoms with Crippen LogP contribution in [0, 0.1) is 47.3 Å². The first-order chi connectivity index (χ1) is 20.6. The summed E-state index contributed by atoms with van der Waals surface area (Å²) in [7, 11) is 0. The largest absolute Gasteiger partial charge is 0.464 e. The van der Waals surface area contributed by atoms with E-state index in [1.54, 1.807) is 6.92 Å². The van der Waals surface area contributed by atoms with E-state index in [4.69, 9.17) is 29.2 Å². The SMILES string of the molecule is CC(C)(C)C(C)(C)OC=O.CC(OC=O)C(C)(C)C.[C-]#[N+]C(C)(C)C(C)(C)C.[C-]#[N+]C(C)(COC=O)C(C)C.[C-]#[N+]C(C)C(C)(C)C. The summed E-state index contributed by atoms with van der Waals surface area (Å²) in [6.07, 6.45) is -0.00463. The monoisotopic (exact) mass is 666 g/mol. The van der Waals surface area contributed by atoms with Crippen molar-refractivity contribution >= 4 is 19.4 Å². The Bertz CT molecular complexity index is 1000. The van der Waals surface area contributed by atoms with Crippen LogP contribution in [0.25, 0.3) is 14.5 Å². The molecule has 0 aromatic heterocycles. The van der Waals surface area contributed by atoms with Gasteiger partial charge in [-0.3, -0.25) is 14.4 Å². The summed E-state index contributed by atoms with van der Waals surface area (Å²) in [5.74, 6) is 0.194. The summed E-state index contributed by atoms with van der Waals surface area (Å²) >= 11 is 0. The van der Waals surface area contributed by atoms with Gasteiger partial charge in [-0.05, 0) is 26.2 Å². The van der Waals surface area contributed by atoms with Crippen molar-refractivity contribution in [2.45, 2.75) is 174 Å². The second-order valence-electron chi connectivity index (χ2n) is 17.3. The van der Waals surface area contributed by atoms with Crippen LogP contribution in [0.2, 0.25) is 0 Å². The van der Waals surface area contributed by atoms with Gasteiger partial charge >= 0.3 is 0 Å². The highest BCUT2D eigenvalue weighted by atomic mass is 16.5. The lowest BCUT2D eigenvalue weighted by Crippen LogP contribution is -2.39. The maximum absolute atomic E-state index is 10.0. The van der Waals surface area contributed by atoms with Gasteiger partial charge in [0.15, 0.2) is 6.61 Å². The van der Waals surface area contributed by atoms with Gasteiger partial charge in [0.05, 0.1) is 0 Å². The van der Waals surface area contributed by atoms with Gasteiger partial charge in [0.1, 0.15) is 11.7 Å². The molecule has 0 saturated carbocycles. The lowest BCUT2D eigenvalue weighted by Gasteiger charge is -2.36. The minimum atomic E-state index is -0.569. The molecule has 0 fully saturated rings. The molecule has 3 unspecified atom stereocenters. The van der Waals surface area contributed by atoms with Gasteiger partial charge in [0.2, 0.25) is 11.6 Å². The van der Waals surface area contributed by atoms with E-state index in [9.17, 15) is 14.4 Å². The first kappa shape index (κ1) is 53.4. The van der Waals surface area contributed by atoms with Crippen LogP contribution >= 0.6 is 0 Å². The number of carbonyl (C=O) groups is 3. The highest BCUT2D eigenvalue weighted by molar-refractivity contribution is 5.38. The smallest absolute Gasteiger partial charge is 0.293 e. The summed E-state index contributed by atoms with van der Waals surface area (Å²) in [5.41, 5.74) is -0.881. The van der Waals surface area contributed by atoms with Crippen molar-refractivity contribution in [2.24, 2.45) is 27.6 Å². The molecule has 0 heterocycles. The zero-order chi connectivity index (χ0) is 39.3. The van der Waals surface area contributed by atoms with E-state index in [2.05, 4.69) is 60.8 Å². The van der Waals surface area contributed by atoms with Crippen LogP contribution in [0.3, 0.4) is 0 Å². The molecule has 0 spiro atoms. The molecule has 9 nitrogen and oxygen atoms in total. The third-order valence-electron chi connectivity index (χ3n) is 9.13. The molecular formula is C38H71N3O6. The Hall–Kier alpha value is -3.12. The Kier molecular flexibility index (Phi) is 25.5. The number of carbonyl (C=O) groups excluding carboxylic acids is 3. The fourth-order valence-electron chi connectivity index (χ4n) is 1.48. The van der Waals surface area contributed by atoms with E-state index in [1.807, 2.05) is 96.9 Å². The molecule has 0 aromatic carbocycles. The van der Waals surface area contributed by atoms with E-state index in [0.29, 0.717) is 19.4 Å². The van der Waals surface area contributed by atoms with Crippen molar-refractivity contribution in [3.8, 4) is 0 Å². The molecular weight excluding hydrogens is 594 g/mol. The average molecular weight is 666 g/mol. The molecule has 0 aliphatic rings. The predicted molar refractivity (Wildman–Crippen MR) is 194 cm³/mol. The summed E-state index contributed by atoms with van der Waals surface area (Å²) in [5, 5.41) is 0. The first-order valence-electron chi connectivity index (χ1n) is 16.0. The van der Waals surface area contributed by atoms with Gasteiger partial charge < -0.3 is 28.7 Å². The van der Waals surface area contributed by atoms with Crippen molar-refractivity contribution < 1.29 is 28.6 Å². The molecule has 0 saturated heterocycles. The molecule has 0 N–H and O–H groups in total. The summed E-state index contributed by atoms with van der Waals surface area (Å²) in [6, 6.07) is 0.141. The summed E-state index contributed by atoms with van der Waals surface area (Å²) < 4.78 is 14.2. The molecule has 0 amide bonds. The number of rotatable bonds is 8. The molecule has 0 radical (unpaired) electrons. The lowest BCUT2D eigenvalue weighted by atomic mass is 9.77. The third-order valence-corrected chi connectivity index (χ3v) is 9.13. The Morgan fingerprint density at radius 1 is 0.596 bits per heavy atom. The standard InChI is InChI=1S/C8H13NO2.C8H15N.C8H16O2.C7H13N.C7H14O2/c1-7(2)8(3,9-4)5-11-6-10;1-7(2,3)8(4,5)9-6;1-7(2,3)8(4,5)10-6-9;1-6(8-5)7(2,3)4;1-6(9-5-8)7(2,3)4/h6-7H,5H2,1-3H3;1-5H3;6H,1-5H3;6H,1-4H3;5-6H,1-4H3. The number of ether oxygens (including phenoxy) is 3. The van der Waals surface area contributed by atoms with Crippen LogP contribution in [0.4, 0.5) is 0 Å². The highest BCUT2D eigenvalue weighted by Gasteiger charge is 2.38. The molecule has 0 aromatic rings. The summed E-state index contributed by atoms with van der Waals surface area (Å²) in [6.45, 7) is 64.0. The second-order valence-corrected chi connectivity index (χ2v) is 17.3. The molecule has 0 rings (SSSR count). The minimum Gasteiger partial charge on any atom is -0.464 e. The maximum Gasteiger partial charge on any atom is 0.293 e. The van der Waals surface area contributed by atoms with Crippen molar-refractivity contribution in [1.29, 1.82) is 0 Å². The average Bonchev–Trinajstić information content (AvgIpc) is 2.90. The van der Waals surface area contributed by atoms with E-state index >= 15 is 0 Å². The third kappa shape index (κ3) is 25.6. The van der Waals surface area contributed by atoms with Crippen molar-refractivity contribution in [3.05, 3.63) is 34.3 Å². The van der Waals surface area contributed by atoms with Crippen LogP contribution in [-0.2, 0) is 28.6 Å². The molecule has 0 aliphatic carbocycles. The van der Waals surface area contributed by atoms with Crippen molar-refractivity contribution in [3.63, 3.8) is 0 Å². The van der Waals surface area contributed by atoms with Crippen LogP contribution in [0.5, 0.6) is 0 Å². The Morgan fingerprint density at radius 2 is 1.02 bits per heavy atom. The molecule has 3 atom stereocenters. The van der Waals surface area contributed by atoms with Gasteiger partial charge in [0, 0.05) is 49.9 Å². The fourth-order valence-corrected chi connectivity index (χ4v) is 1.48. The Labute approximate surface area is 290 Å². The lowest BCUT2D eigenvalue weighted by molar-refractivity contribution is -0.150.